The van der Waals surface area contributed by atoms with Gasteiger partial charge in [-0.15, -0.1) is 0 Å². The summed E-state index contributed by atoms with van der Waals surface area (Å²) in [5, 5.41) is 8.50. The summed E-state index contributed by atoms with van der Waals surface area (Å²) in [7, 11) is 0. The summed E-state index contributed by atoms with van der Waals surface area (Å²) in [6.07, 6.45) is 2.69. The predicted octanol–water partition coefficient (Wildman–Crippen LogP) is 1.43. The van der Waals surface area contributed by atoms with E-state index in [2.05, 4.69) is 0 Å². The number of hydrogen-bond donors (Lipinski definition) is 1. The highest BCUT2D eigenvalue weighted by atomic mass is 19.1. The number of benzene rings is 1. The van der Waals surface area contributed by atoms with E-state index in [9.17, 15) is 18.8 Å². The Hall–Kier alpha value is -2.50. The van der Waals surface area contributed by atoms with Crippen LogP contribution in [0, 0.1) is 17.7 Å². The minimum absolute atomic E-state index is 0.0697. The molecule has 2 atom stereocenters. The third kappa shape index (κ3) is 1.89. The molecule has 2 fully saturated rings. The minimum Gasteiger partial charge on any atom is -0.478 e. The van der Waals surface area contributed by atoms with Crippen molar-refractivity contribution < 1.29 is 23.9 Å². The zero-order valence-corrected chi connectivity index (χ0v) is 10.2. The number of imide groups is 1. The van der Waals surface area contributed by atoms with E-state index in [1.165, 1.54) is 18.2 Å². The number of carbonyl (C=O) groups excluding carboxylic acids is 2. The van der Waals surface area contributed by atoms with Gasteiger partial charge in [0.15, 0.2) is 0 Å². The fraction of sp³-hybridized carbons (Fsp3) is 0.214. The van der Waals surface area contributed by atoms with Crippen LogP contribution in [0.3, 0.4) is 0 Å². The van der Waals surface area contributed by atoms with Gasteiger partial charge in [-0.05, 0) is 30.2 Å². The van der Waals surface area contributed by atoms with Crippen molar-refractivity contribution in [3.05, 3.63) is 35.7 Å². The number of nitrogens with zero attached hydrogens (tertiary/aromatic N) is 1. The van der Waals surface area contributed by atoms with Crippen molar-refractivity contribution in [1.29, 1.82) is 0 Å². The van der Waals surface area contributed by atoms with E-state index in [0.717, 1.165) is 17.0 Å². The van der Waals surface area contributed by atoms with Crippen LogP contribution in [0.25, 0.3) is 6.08 Å². The molecular formula is C14H10FNO4. The molecule has 1 N–H and O–H groups in total. The zero-order valence-electron chi connectivity index (χ0n) is 10.2. The molecule has 1 aliphatic heterocycles. The Kier molecular flexibility index (Phi) is 2.67. The quantitative estimate of drug-likeness (QED) is 0.669. The molecule has 2 amide bonds. The Balaban J connectivity index is 1.90. The van der Waals surface area contributed by atoms with Gasteiger partial charge in [0, 0.05) is 6.08 Å². The normalized spacial score (nSPS) is 24.4. The summed E-state index contributed by atoms with van der Waals surface area (Å²) in [6, 6.07) is 3.87. The van der Waals surface area contributed by atoms with Gasteiger partial charge in [0.1, 0.15) is 5.82 Å². The second-order valence-corrected chi connectivity index (χ2v) is 4.84. The highest BCUT2D eigenvalue weighted by molar-refractivity contribution is 6.24. The van der Waals surface area contributed by atoms with Gasteiger partial charge in [0.2, 0.25) is 11.8 Å². The number of carboxylic acids is 1. The van der Waals surface area contributed by atoms with Crippen molar-refractivity contribution in [1.82, 2.24) is 0 Å². The largest absolute Gasteiger partial charge is 0.478 e. The molecule has 1 aliphatic carbocycles. The summed E-state index contributed by atoms with van der Waals surface area (Å²) in [6.45, 7) is 0. The third-order valence-electron chi connectivity index (χ3n) is 3.50. The Morgan fingerprint density at radius 1 is 1.30 bits per heavy atom. The lowest BCUT2D eigenvalue weighted by atomic mass is 10.1. The third-order valence-corrected chi connectivity index (χ3v) is 3.50. The van der Waals surface area contributed by atoms with Crippen LogP contribution in [-0.4, -0.2) is 22.9 Å². The Bertz CT molecular complexity index is 647. The van der Waals surface area contributed by atoms with Crippen LogP contribution in [0.4, 0.5) is 10.1 Å². The second-order valence-electron chi connectivity index (χ2n) is 4.84. The van der Waals surface area contributed by atoms with Gasteiger partial charge in [0.25, 0.3) is 0 Å². The van der Waals surface area contributed by atoms with Crippen molar-refractivity contribution in [3.8, 4) is 0 Å². The van der Waals surface area contributed by atoms with Crippen LogP contribution in [0.5, 0.6) is 0 Å². The van der Waals surface area contributed by atoms with Crippen LogP contribution in [0.1, 0.15) is 12.0 Å². The topological polar surface area (TPSA) is 74.7 Å². The maximum atomic E-state index is 14.0. The average Bonchev–Trinajstić information content (AvgIpc) is 3.14. The van der Waals surface area contributed by atoms with Crippen molar-refractivity contribution in [3.63, 3.8) is 0 Å². The van der Waals surface area contributed by atoms with Crippen LogP contribution in [-0.2, 0) is 14.4 Å². The zero-order chi connectivity index (χ0) is 14.4. The molecule has 2 aliphatic rings. The lowest BCUT2D eigenvalue weighted by Gasteiger charge is -2.17. The maximum absolute atomic E-state index is 14.0. The van der Waals surface area contributed by atoms with Crippen molar-refractivity contribution in [2.45, 2.75) is 6.42 Å². The Morgan fingerprint density at radius 3 is 2.50 bits per heavy atom. The smallest absolute Gasteiger partial charge is 0.328 e. The molecule has 1 saturated carbocycles. The van der Waals surface area contributed by atoms with Crippen LogP contribution in [0.15, 0.2) is 24.3 Å². The lowest BCUT2D eigenvalue weighted by molar-refractivity contribution is -0.131. The van der Waals surface area contributed by atoms with Gasteiger partial charge in [-0.3, -0.25) is 9.59 Å². The van der Waals surface area contributed by atoms with E-state index in [1.807, 2.05) is 0 Å². The molecule has 5 nitrogen and oxygen atoms in total. The lowest BCUT2D eigenvalue weighted by Crippen LogP contribution is -2.33. The van der Waals surface area contributed by atoms with Gasteiger partial charge in [0.05, 0.1) is 17.5 Å². The first-order valence-electron chi connectivity index (χ1n) is 6.07. The highest BCUT2D eigenvalue weighted by Crippen LogP contribution is 2.48. The van der Waals surface area contributed by atoms with E-state index in [0.29, 0.717) is 12.0 Å². The summed E-state index contributed by atoms with van der Waals surface area (Å²) < 4.78 is 14.0. The number of anilines is 1. The summed E-state index contributed by atoms with van der Waals surface area (Å²) in [5.74, 6) is -3.14. The van der Waals surface area contributed by atoms with Gasteiger partial charge >= 0.3 is 5.97 Å². The fourth-order valence-corrected chi connectivity index (χ4v) is 2.39. The van der Waals surface area contributed by atoms with Crippen LogP contribution < -0.4 is 4.90 Å². The molecule has 1 saturated heterocycles. The number of aliphatic carboxylic acids is 1. The number of carbonyl (C=O) groups is 3. The summed E-state index contributed by atoms with van der Waals surface area (Å²) in [5.41, 5.74) is 0.276. The molecule has 3 rings (SSSR count). The summed E-state index contributed by atoms with van der Waals surface area (Å²) in [4.78, 5) is 35.0. The highest BCUT2D eigenvalue weighted by Gasteiger charge is 2.59. The molecule has 1 aromatic rings. The van der Waals surface area contributed by atoms with E-state index in [-0.39, 0.29) is 29.3 Å². The van der Waals surface area contributed by atoms with E-state index in [4.69, 9.17) is 5.11 Å². The van der Waals surface area contributed by atoms with Crippen molar-refractivity contribution in [2.24, 2.45) is 11.8 Å². The SMILES string of the molecule is O=C(O)C=Cc1ccc(N2C(=O)C3CC3C2=O)c(F)c1. The first-order valence-corrected chi connectivity index (χ1v) is 6.07. The van der Waals surface area contributed by atoms with Gasteiger partial charge in [-0.1, -0.05) is 6.07 Å². The number of halogens is 1. The molecule has 6 heteroatoms. The average molecular weight is 275 g/mol. The second kappa shape index (κ2) is 4.26. The standard InChI is InChI=1S/C14H10FNO4/c15-10-5-7(2-4-12(17)18)1-3-11(10)16-13(19)8-6-9(8)14(16)20/h1-5,8-9H,6H2,(H,17,18). The fourth-order valence-electron chi connectivity index (χ4n) is 2.39. The van der Waals surface area contributed by atoms with Crippen LogP contribution in [0.2, 0.25) is 0 Å². The minimum atomic E-state index is -1.14. The molecule has 0 aromatic heterocycles. The molecule has 0 bridgehead atoms. The molecule has 0 radical (unpaired) electrons. The van der Waals surface area contributed by atoms with E-state index < -0.39 is 11.8 Å². The molecular weight excluding hydrogens is 265 g/mol. The number of fused-ring (bicyclic) bond motifs is 1. The predicted molar refractivity (Wildman–Crippen MR) is 67.2 cm³/mol. The Labute approximate surface area is 113 Å². The number of rotatable bonds is 3. The van der Waals surface area contributed by atoms with Gasteiger partial charge in [-0.2, -0.15) is 0 Å². The van der Waals surface area contributed by atoms with E-state index in [1.54, 1.807) is 0 Å². The van der Waals surface area contributed by atoms with Crippen LogP contribution >= 0.6 is 0 Å². The molecule has 20 heavy (non-hydrogen) atoms. The van der Waals surface area contributed by atoms with Gasteiger partial charge < -0.3 is 5.11 Å². The first kappa shape index (κ1) is 12.5. The molecule has 1 heterocycles. The van der Waals surface area contributed by atoms with Gasteiger partial charge in [-0.25, -0.2) is 14.1 Å². The monoisotopic (exact) mass is 275 g/mol. The van der Waals surface area contributed by atoms with Crippen molar-refractivity contribution >= 4 is 29.5 Å². The molecule has 1 aromatic carbocycles. The number of piperidine rings is 1. The first-order chi connectivity index (χ1) is 9.49. The summed E-state index contributed by atoms with van der Waals surface area (Å²) >= 11 is 0. The Morgan fingerprint density at radius 2 is 1.95 bits per heavy atom. The molecule has 102 valence electrons. The molecule has 2 unspecified atom stereocenters. The number of carboxylic acid groups (broad SMARTS) is 1. The number of hydrogen-bond acceptors (Lipinski definition) is 3. The van der Waals surface area contributed by atoms with Crippen molar-refractivity contribution in [2.75, 3.05) is 4.90 Å². The number of amides is 2. The maximum Gasteiger partial charge on any atom is 0.328 e. The van der Waals surface area contributed by atoms with E-state index >= 15 is 0 Å². The molecule has 0 spiro atoms.